The summed E-state index contributed by atoms with van der Waals surface area (Å²) < 4.78 is 60.5. The minimum absolute atomic E-state index is 0.0560. The molecular formula is C12H10F3N3O3S2. The van der Waals surface area contributed by atoms with Gasteiger partial charge in [0.2, 0.25) is 0 Å². The number of nitrogens with zero attached hydrogens (tertiary/aromatic N) is 1. The van der Waals surface area contributed by atoms with Crippen molar-refractivity contribution in [2.75, 3.05) is 11.6 Å². The van der Waals surface area contributed by atoms with Crippen molar-refractivity contribution in [3.8, 4) is 0 Å². The summed E-state index contributed by atoms with van der Waals surface area (Å²) in [5, 5.41) is 2.91. The van der Waals surface area contributed by atoms with Crippen LogP contribution in [0.2, 0.25) is 0 Å². The van der Waals surface area contributed by atoms with Crippen LogP contribution in [0.3, 0.4) is 0 Å². The van der Waals surface area contributed by atoms with Crippen LogP contribution in [-0.4, -0.2) is 30.1 Å². The standard InChI is InChI=1S/C12H10F3N3O3S2/c1-22-11-17-9(6-10(19)18-11)16-7-3-2-4-8(5-7)23(20,21)12(13,14)15/h2-6H,1H3,(H2,16,17,18,19). The van der Waals surface area contributed by atoms with E-state index in [0.29, 0.717) is 5.16 Å². The van der Waals surface area contributed by atoms with Crippen LogP contribution < -0.4 is 10.9 Å². The van der Waals surface area contributed by atoms with Gasteiger partial charge in [0.25, 0.3) is 15.4 Å². The Morgan fingerprint density at radius 2 is 1.96 bits per heavy atom. The molecule has 0 aliphatic rings. The topological polar surface area (TPSA) is 91.9 Å². The Kier molecular flexibility index (Phi) is 4.71. The van der Waals surface area contributed by atoms with Crippen molar-refractivity contribution in [3.63, 3.8) is 0 Å². The summed E-state index contributed by atoms with van der Waals surface area (Å²) in [7, 11) is -5.44. The second-order valence-electron chi connectivity index (χ2n) is 4.24. The number of hydrogen-bond donors (Lipinski definition) is 2. The van der Waals surface area contributed by atoms with E-state index in [1.807, 2.05) is 0 Å². The molecule has 0 saturated carbocycles. The highest BCUT2D eigenvalue weighted by Gasteiger charge is 2.46. The van der Waals surface area contributed by atoms with Gasteiger partial charge in [-0.2, -0.15) is 13.2 Å². The molecule has 11 heteroatoms. The number of benzene rings is 1. The van der Waals surface area contributed by atoms with Gasteiger partial charge in [-0.05, 0) is 24.5 Å². The molecule has 1 aromatic carbocycles. The second-order valence-corrected chi connectivity index (χ2v) is 6.98. The lowest BCUT2D eigenvalue weighted by molar-refractivity contribution is -0.0435. The lowest BCUT2D eigenvalue weighted by Crippen LogP contribution is -2.23. The van der Waals surface area contributed by atoms with Crippen LogP contribution >= 0.6 is 11.8 Å². The van der Waals surface area contributed by atoms with Gasteiger partial charge in [-0.3, -0.25) is 4.79 Å². The molecule has 0 saturated heterocycles. The molecule has 2 aromatic rings. The highest BCUT2D eigenvalue weighted by atomic mass is 32.2. The van der Waals surface area contributed by atoms with Crippen LogP contribution in [-0.2, 0) is 9.84 Å². The fourth-order valence-corrected chi connectivity index (χ4v) is 2.82. The maximum Gasteiger partial charge on any atom is 0.501 e. The van der Waals surface area contributed by atoms with Gasteiger partial charge in [0.1, 0.15) is 5.82 Å². The highest BCUT2D eigenvalue weighted by Crippen LogP contribution is 2.31. The smallest absolute Gasteiger partial charge is 0.340 e. The van der Waals surface area contributed by atoms with E-state index in [1.54, 1.807) is 6.26 Å². The van der Waals surface area contributed by atoms with E-state index in [9.17, 15) is 26.4 Å². The van der Waals surface area contributed by atoms with Crippen molar-refractivity contribution in [2.24, 2.45) is 0 Å². The van der Waals surface area contributed by atoms with Gasteiger partial charge < -0.3 is 10.3 Å². The first kappa shape index (κ1) is 17.3. The number of alkyl halides is 3. The van der Waals surface area contributed by atoms with Crippen molar-refractivity contribution in [1.29, 1.82) is 0 Å². The maximum absolute atomic E-state index is 12.6. The molecule has 0 fully saturated rings. The number of aromatic nitrogens is 2. The molecule has 1 aromatic heterocycles. The van der Waals surface area contributed by atoms with Crippen molar-refractivity contribution < 1.29 is 21.6 Å². The molecule has 2 N–H and O–H groups in total. The third-order valence-corrected chi connectivity index (χ3v) is 4.70. The molecule has 0 atom stereocenters. The quantitative estimate of drug-likeness (QED) is 0.639. The van der Waals surface area contributed by atoms with Gasteiger partial charge in [-0.1, -0.05) is 17.8 Å². The number of anilines is 2. The van der Waals surface area contributed by atoms with Crippen LogP contribution in [0.25, 0.3) is 0 Å². The summed E-state index contributed by atoms with van der Waals surface area (Å²) in [6, 6.07) is 5.28. The first-order chi connectivity index (χ1) is 10.6. The zero-order valence-corrected chi connectivity index (χ0v) is 13.1. The number of rotatable bonds is 4. The van der Waals surface area contributed by atoms with E-state index in [4.69, 9.17) is 0 Å². The lowest BCUT2D eigenvalue weighted by Gasteiger charge is -2.10. The number of hydrogen-bond acceptors (Lipinski definition) is 6. The predicted molar refractivity (Wildman–Crippen MR) is 79.6 cm³/mol. The lowest BCUT2D eigenvalue weighted by atomic mass is 10.3. The number of thioether (sulfide) groups is 1. The number of aromatic amines is 1. The Hall–Kier alpha value is -2.01. The van der Waals surface area contributed by atoms with E-state index in [2.05, 4.69) is 15.3 Å². The third kappa shape index (κ3) is 3.85. The summed E-state index contributed by atoms with van der Waals surface area (Å²) in [5.41, 5.74) is -5.79. The van der Waals surface area contributed by atoms with E-state index >= 15 is 0 Å². The molecule has 0 amide bonds. The van der Waals surface area contributed by atoms with E-state index < -0.39 is 25.8 Å². The Morgan fingerprint density at radius 1 is 1.26 bits per heavy atom. The molecule has 0 spiro atoms. The third-order valence-electron chi connectivity index (χ3n) is 2.63. The fourth-order valence-electron chi connectivity index (χ4n) is 1.62. The molecule has 0 bridgehead atoms. The van der Waals surface area contributed by atoms with E-state index in [0.717, 1.165) is 24.3 Å². The monoisotopic (exact) mass is 365 g/mol. The molecule has 124 valence electrons. The Morgan fingerprint density at radius 3 is 2.57 bits per heavy atom. The van der Waals surface area contributed by atoms with Crippen LogP contribution in [0, 0.1) is 0 Å². The van der Waals surface area contributed by atoms with Gasteiger partial charge in [-0.25, -0.2) is 13.4 Å². The van der Waals surface area contributed by atoms with Gasteiger partial charge >= 0.3 is 5.51 Å². The number of nitrogens with one attached hydrogen (secondary N) is 2. The minimum atomic E-state index is -5.44. The van der Waals surface area contributed by atoms with E-state index in [-0.39, 0.29) is 11.5 Å². The molecule has 0 aliphatic carbocycles. The largest absolute Gasteiger partial charge is 0.501 e. The van der Waals surface area contributed by atoms with Gasteiger partial charge in [-0.15, -0.1) is 0 Å². The Labute approximate surface area is 133 Å². The predicted octanol–water partition coefficient (Wildman–Crippen LogP) is 2.53. The second kappa shape index (κ2) is 6.24. The SMILES string of the molecule is CSc1nc(Nc2cccc(S(=O)(=O)C(F)(F)F)c2)cc(=O)[nH]1. The summed E-state index contributed by atoms with van der Waals surface area (Å²) >= 11 is 1.17. The van der Waals surface area contributed by atoms with Crippen LogP contribution in [0.15, 0.2) is 45.2 Å². The Bertz CT molecular complexity index is 879. The average Bonchev–Trinajstić information content (AvgIpc) is 2.45. The van der Waals surface area contributed by atoms with Crippen LogP contribution in [0.1, 0.15) is 0 Å². The first-order valence-electron chi connectivity index (χ1n) is 5.97. The molecular weight excluding hydrogens is 355 g/mol. The van der Waals surface area contributed by atoms with Gasteiger partial charge in [0.15, 0.2) is 5.16 Å². The number of H-pyrrole nitrogens is 1. The number of halogens is 3. The van der Waals surface area contributed by atoms with Crippen molar-refractivity contribution in [2.45, 2.75) is 15.6 Å². The molecule has 2 rings (SSSR count). The Balaban J connectivity index is 2.39. The molecule has 1 heterocycles. The average molecular weight is 365 g/mol. The fraction of sp³-hybridized carbons (Fsp3) is 0.167. The number of sulfone groups is 1. The molecule has 0 radical (unpaired) electrons. The van der Waals surface area contributed by atoms with E-state index in [1.165, 1.54) is 17.8 Å². The molecule has 6 nitrogen and oxygen atoms in total. The molecule has 23 heavy (non-hydrogen) atoms. The molecule has 0 unspecified atom stereocenters. The van der Waals surface area contributed by atoms with Crippen molar-refractivity contribution in [3.05, 3.63) is 40.7 Å². The molecule has 0 aliphatic heterocycles. The van der Waals surface area contributed by atoms with Gasteiger partial charge in [0, 0.05) is 11.8 Å². The van der Waals surface area contributed by atoms with Gasteiger partial charge in [0.05, 0.1) is 4.90 Å². The normalized spacial score (nSPS) is 12.2. The minimum Gasteiger partial charge on any atom is -0.340 e. The van der Waals surface area contributed by atoms with Crippen molar-refractivity contribution in [1.82, 2.24) is 9.97 Å². The van der Waals surface area contributed by atoms with Crippen molar-refractivity contribution >= 4 is 33.1 Å². The first-order valence-corrected chi connectivity index (χ1v) is 8.68. The summed E-state index contributed by atoms with van der Waals surface area (Å²) in [6.45, 7) is 0. The maximum atomic E-state index is 12.6. The summed E-state index contributed by atoms with van der Waals surface area (Å²) in [6.07, 6.45) is 1.68. The highest BCUT2D eigenvalue weighted by molar-refractivity contribution is 7.98. The van der Waals surface area contributed by atoms with Crippen LogP contribution in [0.4, 0.5) is 24.7 Å². The van der Waals surface area contributed by atoms with Crippen LogP contribution in [0.5, 0.6) is 0 Å². The summed E-state index contributed by atoms with van der Waals surface area (Å²) in [5.74, 6) is 0.0830. The summed E-state index contributed by atoms with van der Waals surface area (Å²) in [4.78, 5) is 17.0. The zero-order chi connectivity index (χ0) is 17.3. The zero-order valence-electron chi connectivity index (χ0n) is 11.5.